The molecular formula is C25H19NO. The quantitative estimate of drug-likeness (QED) is 0.424. The molecule has 0 bridgehead atoms. The Labute approximate surface area is 159 Å². The first-order valence-electron chi connectivity index (χ1n) is 8.90. The fourth-order valence-electron chi connectivity index (χ4n) is 3.22. The topological polar surface area (TPSA) is 29.1 Å². The fourth-order valence-corrected chi connectivity index (χ4v) is 3.22. The number of hydrogen-bond acceptors (Lipinski definition) is 1. The molecule has 0 radical (unpaired) electrons. The maximum atomic E-state index is 10.6. The fraction of sp³-hybridized carbons (Fsp3) is 0. The summed E-state index contributed by atoms with van der Waals surface area (Å²) >= 11 is 0. The number of carbonyl (C=O) groups excluding carboxylic acids is 1. The highest BCUT2D eigenvalue weighted by molar-refractivity contribution is 5.82. The van der Waals surface area contributed by atoms with Gasteiger partial charge < -0.3 is 5.32 Å². The maximum absolute atomic E-state index is 10.6. The Kier molecular flexibility index (Phi) is 4.80. The third-order valence-corrected chi connectivity index (χ3v) is 4.59. The molecule has 1 N–H and O–H groups in total. The normalized spacial score (nSPS) is 10.4. The highest BCUT2D eigenvalue weighted by Crippen LogP contribution is 2.33. The third kappa shape index (κ3) is 3.80. The Morgan fingerprint density at radius 2 is 0.889 bits per heavy atom. The summed E-state index contributed by atoms with van der Waals surface area (Å²) in [4.78, 5) is 10.6. The van der Waals surface area contributed by atoms with Crippen LogP contribution in [0.3, 0.4) is 0 Å². The molecule has 4 rings (SSSR count). The molecule has 0 saturated carbocycles. The first-order valence-corrected chi connectivity index (χ1v) is 8.90. The van der Waals surface area contributed by atoms with Gasteiger partial charge in [-0.3, -0.25) is 4.79 Å². The van der Waals surface area contributed by atoms with Crippen LogP contribution in [-0.4, -0.2) is 6.41 Å². The monoisotopic (exact) mass is 349 g/mol. The Balaban J connectivity index is 1.84. The van der Waals surface area contributed by atoms with Crippen molar-refractivity contribution in [3.8, 4) is 33.4 Å². The molecule has 0 aliphatic rings. The average Bonchev–Trinajstić information content (AvgIpc) is 2.75. The number of nitrogens with one attached hydrogen (secondary N) is 1. The smallest absolute Gasteiger partial charge is 0.211 e. The van der Waals surface area contributed by atoms with Crippen LogP contribution in [0, 0.1) is 0 Å². The summed E-state index contributed by atoms with van der Waals surface area (Å²) in [6.07, 6.45) is 0.693. The van der Waals surface area contributed by atoms with E-state index in [1.54, 1.807) is 0 Å². The number of carbonyl (C=O) groups is 1. The molecule has 1 amide bonds. The second kappa shape index (κ2) is 7.71. The van der Waals surface area contributed by atoms with Crippen LogP contribution in [0.5, 0.6) is 0 Å². The van der Waals surface area contributed by atoms with Gasteiger partial charge in [-0.05, 0) is 63.7 Å². The molecule has 4 aromatic carbocycles. The van der Waals surface area contributed by atoms with E-state index in [9.17, 15) is 4.79 Å². The van der Waals surface area contributed by atoms with Gasteiger partial charge in [0, 0.05) is 5.69 Å². The van der Waals surface area contributed by atoms with Crippen molar-refractivity contribution in [3.05, 3.63) is 103 Å². The minimum atomic E-state index is 0.693. The predicted octanol–water partition coefficient (Wildman–Crippen LogP) is 6.26. The molecule has 0 atom stereocenters. The van der Waals surface area contributed by atoms with Gasteiger partial charge in [0.1, 0.15) is 0 Å². The third-order valence-electron chi connectivity index (χ3n) is 4.59. The zero-order valence-electron chi connectivity index (χ0n) is 14.8. The average molecular weight is 349 g/mol. The van der Waals surface area contributed by atoms with Gasteiger partial charge in [0.15, 0.2) is 0 Å². The van der Waals surface area contributed by atoms with Crippen molar-refractivity contribution in [2.45, 2.75) is 0 Å². The van der Waals surface area contributed by atoms with E-state index >= 15 is 0 Å². The van der Waals surface area contributed by atoms with E-state index in [0.717, 1.165) is 16.8 Å². The summed E-state index contributed by atoms with van der Waals surface area (Å²) in [6, 6.07) is 35.4. The summed E-state index contributed by atoms with van der Waals surface area (Å²) in [5, 5.41) is 2.68. The summed E-state index contributed by atoms with van der Waals surface area (Å²) in [6.45, 7) is 0. The molecule has 0 spiro atoms. The van der Waals surface area contributed by atoms with Gasteiger partial charge in [0.2, 0.25) is 6.41 Å². The standard InChI is InChI=1S/C25H19NO/c27-18-26-25-13-11-21(12-14-25)24-16-22(19-7-3-1-4-8-19)15-23(17-24)20-9-5-2-6-10-20/h1-18H,(H,26,27). The van der Waals surface area contributed by atoms with E-state index in [0.29, 0.717) is 6.41 Å². The van der Waals surface area contributed by atoms with Crippen LogP contribution < -0.4 is 5.32 Å². The lowest BCUT2D eigenvalue weighted by Gasteiger charge is -2.11. The number of rotatable bonds is 5. The Hall–Kier alpha value is -3.65. The lowest BCUT2D eigenvalue weighted by Crippen LogP contribution is -1.93. The molecule has 0 saturated heterocycles. The van der Waals surface area contributed by atoms with Gasteiger partial charge in [-0.15, -0.1) is 0 Å². The van der Waals surface area contributed by atoms with Gasteiger partial charge in [0.25, 0.3) is 0 Å². The molecular weight excluding hydrogens is 330 g/mol. The summed E-state index contributed by atoms with van der Waals surface area (Å²) in [7, 11) is 0. The van der Waals surface area contributed by atoms with Gasteiger partial charge in [-0.1, -0.05) is 72.8 Å². The summed E-state index contributed by atoms with van der Waals surface area (Å²) in [5.74, 6) is 0. The van der Waals surface area contributed by atoms with E-state index < -0.39 is 0 Å². The van der Waals surface area contributed by atoms with Crippen LogP contribution >= 0.6 is 0 Å². The number of anilines is 1. The zero-order chi connectivity index (χ0) is 18.5. The molecule has 2 nitrogen and oxygen atoms in total. The first-order chi connectivity index (χ1) is 13.3. The predicted molar refractivity (Wildman–Crippen MR) is 112 cm³/mol. The molecule has 0 fully saturated rings. The van der Waals surface area contributed by atoms with Gasteiger partial charge in [-0.2, -0.15) is 0 Å². The number of amides is 1. The van der Waals surface area contributed by atoms with Crippen LogP contribution in [0.25, 0.3) is 33.4 Å². The van der Waals surface area contributed by atoms with Crippen molar-refractivity contribution in [2.24, 2.45) is 0 Å². The van der Waals surface area contributed by atoms with Crippen molar-refractivity contribution in [2.75, 3.05) is 5.32 Å². The molecule has 0 heterocycles. The Bertz CT molecular complexity index is 981. The molecule has 4 aromatic rings. The van der Waals surface area contributed by atoms with E-state index in [-0.39, 0.29) is 0 Å². The molecule has 0 aromatic heterocycles. The van der Waals surface area contributed by atoms with Crippen molar-refractivity contribution >= 4 is 12.1 Å². The first kappa shape index (κ1) is 16.8. The number of benzene rings is 4. The van der Waals surface area contributed by atoms with Crippen LogP contribution in [0.1, 0.15) is 0 Å². The molecule has 0 aliphatic heterocycles. The lowest BCUT2D eigenvalue weighted by atomic mass is 9.93. The van der Waals surface area contributed by atoms with Crippen molar-refractivity contribution in [1.29, 1.82) is 0 Å². The molecule has 2 heteroatoms. The Morgan fingerprint density at radius 1 is 0.481 bits per heavy atom. The molecule has 0 unspecified atom stereocenters. The van der Waals surface area contributed by atoms with E-state index in [1.807, 2.05) is 36.4 Å². The zero-order valence-corrected chi connectivity index (χ0v) is 14.8. The van der Waals surface area contributed by atoms with Gasteiger partial charge in [-0.25, -0.2) is 0 Å². The second-order valence-electron chi connectivity index (χ2n) is 6.37. The van der Waals surface area contributed by atoms with Crippen LogP contribution in [0.2, 0.25) is 0 Å². The van der Waals surface area contributed by atoms with E-state index in [4.69, 9.17) is 0 Å². The van der Waals surface area contributed by atoms with Gasteiger partial charge >= 0.3 is 0 Å². The second-order valence-corrected chi connectivity index (χ2v) is 6.37. The maximum Gasteiger partial charge on any atom is 0.211 e. The number of hydrogen-bond donors (Lipinski definition) is 1. The lowest BCUT2D eigenvalue weighted by molar-refractivity contribution is -0.105. The van der Waals surface area contributed by atoms with Crippen LogP contribution in [0.4, 0.5) is 5.69 Å². The molecule has 130 valence electrons. The van der Waals surface area contributed by atoms with Crippen molar-refractivity contribution < 1.29 is 4.79 Å². The highest BCUT2D eigenvalue weighted by Gasteiger charge is 2.07. The van der Waals surface area contributed by atoms with Gasteiger partial charge in [0.05, 0.1) is 0 Å². The largest absolute Gasteiger partial charge is 0.329 e. The van der Waals surface area contributed by atoms with Crippen LogP contribution in [0.15, 0.2) is 103 Å². The summed E-state index contributed by atoms with van der Waals surface area (Å²) in [5.41, 5.74) is 7.79. The van der Waals surface area contributed by atoms with E-state index in [1.165, 1.54) is 22.3 Å². The molecule has 27 heavy (non-hydrogen) atoms. The van der Waals surface area contributed by atoms with Crippen LogP contribution in [-0.2, 0) is 4.79 Å². The van der Waals surface area contributed by atoms with Crippen molar-refractivity contribution in [3.63, 3.8) is 0 Å². The van der Waals surface area contributed by atoms with E-state index in [2.05, 4.69) is 72.0 Å². The Morgan fingerprint density at radius 3 is 1.30 bits per heavy atom. The summed E-state index contributed by atoms with van der Waals surface area (Å²) < 4.78 is 0. The van der Waals surface area contributed by atoms with Crippen molar-refractivity contribution in [1.82, 2.24) is 0 Å². The SMILES string of the molecule is O=CNc1ccc(-c2cc(-c3ccccc3)cc(-c3ccccc3)c2)cc1. The highest BCUT2D eigenvalue weighted by atomic mass is 16.1. The molecule has 0 aliphatic carbocycles. The minimum absolute atomic E-state index is 0.693. The minimum Gasteiger partial charge on any atom is -0.329 e.